The highest BCUT2D eigenvalue weighted by atomic mass is 15.3. The fourth-order valence-electron chi connectivity index (χ4n) is 2.69. The van der Waals surface area contributed by atoms with Gasteiger partial charge in [0.05, 0.1) is 12.2 Å². The maximum atomic E-state index is 4.35. The standard InChI is InChI=1S/C17H19N3/c1-12-16(11-19-20(12)3)17(18-2)15-9-8-13-6-4-5-7-14(13)10-15/h4-11,17-18H,1-3H3. The molecule has 1 N–H and O–H groups in total. The van der Waals surface area contributed by atoms with Crippen LogP contribution in [0.3, 0.4) is 0 Å². The van der Waals surface area contributed by atoms with Crippen LogP contribution in [0.1, 0.15) is 22.9 Å². The number of fused-ring (bicyclic) bond motifs is 1. The molecule has 0 bridgehead atoms. The van der Waals surface area contributed by atoms with Crippen molar-refractivity contribution >= 4 is 10.8 Å². The number of nitrogens with zero attached hydrogens (tertiary/aromatic N) is 2. The van der Waals surface area contributed by atoms with Crippen molar-refractivity contribution in [1.82, 2.24) is 15.1 Å². The Kier molecular flexibility index (Phi) is 3.28. The third kappa shape index (κ3) is 2.10. The van der Waals surface area contributed by atoms with Crippen LogP contribution in [0, 0.1) is 6.92 Å². The Morgan fingerprint density at radius 3 is 2.50 bits per heavy atom. The normalized spacial score (nSPS) is 12.8. The minimum absolute atomic E-state index is 0.174. The topological polar surface area (TPSA) is 29.9 Å². The van der Waals surface area contributed by atoms with Gasteiger partial charge in [-0.15, -0.1) is 0 Å². The Morgan fingerprint density at radius 2 is 1.85 bits per heavy atom. The van der Waals surface area contributed by atoms with Crippen LogP contribution < -0.4 is 5.32 Å². The van der Waals surface area contributed by atoms with E-state index in [-0.39, 0.29) is 6.04 Å². The lowest BCUT2D eigenvalue weighted by Crippen LogP contribution is -2.18. The summed E-state index contributed by atoms with van der Waals surface area (Å²) in [6.45, 7) is 2.10. The summed E-state index contributed by atoms with van der Waals surface area (Å²) in [6.07, 6.45) is 1.95. The molecule has 0 aliphatic rings. The van der Waals surface area contributed by atoms with E-state index in [1.54, 1.807) is 0 Å². The Hall–Kier alpha value is -2.13. The van der Waals surface area contributed by atoms with Gasteiger partial charge in [-0.2, -0.15) is 5.10 Å². The van der Waals surface area contributed by atoms with E-state index in [0.29, 0.717) is 0 Å². The third-order valence-corrected chi connectivity index (χ3v) is 3.98. The summed E-state index contributed by atoms with van der Waals surface area (Å²) in [7, 11) is 3.97. The van der Waals surface area contributed by atoms with Crippen molar-refractivity contribution in [2.45, 2.75) is 13.0 Å². The van der Waals surface area contributed by atoms with Crippen molar-refractivity contribution in [2.24, 2.45) is 7.05 Å². The van der Waals surface area contributed by atoms with E-state index in [0.717, 1.165) is 0 Å². The largest absolute Gasteiger partial charge is 0.309 e. The molecule has 1 unspecified atom stereocenters. The van der Waals surface area contributed by atoms with Gasteiger partial charge in [0, 0.05) is 18.3 Å². The Balaban J connectivity index is 2.09. The fourth-order valence-corrected chi connectivity index (χ4v) is 2.69. The second-order valence-corrected chi connectivity index (χ2v) is 5.14. The second-order valence-electron chi connectivity index (χ2n) is 5.14. The van der Waals surface area contributed by atoms with Gasteiger partial charge in [-0.3, -0.25) is 4.68 Å². The highest BCUT2D eigenvalue weighted by Crippen LogP contribution is 2.26. The van der Waals surface area contributed by atoms with Gasteiger partial charge < -0.3 is 5.32 Å². The van der Waals surface area contributed by atoms with Crippen molar-refractivity contribution in [2.75, 3.05) is 7.05 Å². The molecule has 0 amide bonds. The number of aryl methyl sites for hydroxylation is 1. The maximum absolute atomic E-state index is 4.35. The summed E-state index contributed by atoms with van der Waals surface area (Å²) in [4.78, 5) is 0. The molecule has 0 fully saturated rings. The molecule has 0 aliphatic heterocycles. The number of benzene rings is 2. The van der Waals surface area contributed by atoms with Crippen LogP contribution in [0.2, 0.25) is 0 Å². The molecule has 1 heterocycles. The van der Waals surface area contributed by atoms with Gasteiger partial charge in [0.1, 0.15) is 0 Å². The highest BCUT2D eigenvalue weighted by Gasteiger charge is 2.17. The zero-order valence-electron chi connectivity index (χ0n) is 12.1. The first-order valence-electron chi connectivity index (χ1n) is 6.85. The van der Waals surface area contributed by atoms with Crippen LogP contribution in [0.25, 0.3) is 10.8 Å². The van der Waals surface area contributed by atoms with Gasteiger partial charge in [-0.25, -0.2) is 0 Å². The average molecular weight is 265 g/mol. The zero-order valence-corrected chi connectivity index (χ0v) is 12.1. The fraction of sp³-hybridized carbons (Fsp3) is 0.235. The summed E-state index contributed by atoms with van der Waals surface area (Å²) in [5.74, 6) is 0. The highest BCUT2D eigenvalue weighted by molar-refractivity contribution is 5.83. The molecule has 0 saturated heterocycles. The summed E-state index contributed by atoms with van der Waals surface area (Å²) < 4.78 is 1.92. The van der Waals surface area contributed by atoms with Crippen molar-refractivity contribution in [3.8, 4) is 0 Å². The second kappa shape index (κ2) is 5.10. The predicted octanol–water partition coefficient (Wildman–Crippen LogP) is 3.19. The van der Waals surface area contributed by atoms with Gasteiger partial charge in [0.15, 0.2) is 0 Å². The van der Waals surface area contributed by atoms with Crippen LogP contribution in [-0.2, 0) is 7.05 Å². The Labute approximate surface area is 119 Å². The Bertz CT molecular complexity index is 743. The van der Waals surface area contributed by atoms with E-state index in [2.05, 4.69) is 59.8 Å². The minimum Gasteiger partial charge on any atom is -0.309 e. The van der Waals surface area contributed by atoms with Crippen molar-refractivity contribution in [1.29, 1.82) is 0 Å². The van der Waals surface area contributed by atoms with E-state index in [1.807, 2.05) is 25.0 Å². The van der Waals surface area contributed by atoms with Crippen LogP contribution in [0.4, 0.5) is 0 Å². The molecule has 3 heteroatoms. The molecule has 3 aromatic rings. The SMILES string of the molecule is CNC(c1ccc2ccccc2c1)c1cnn(C)c1C. The van der Waals surface area contributed by atoms with Crippen molar-refractivity contribution < 1.29 is 0 Å². The van der Waals surface area contributed by atoms with Gasteiger partial charge in [0.2, 0.25) is 0 Å². The zero-order chi connectivity index (χ0) is 14.1. The molecule has 1 aromatic heterocycles. The van der Waals surface area contributed by atoms with Gasteiger partial charge in [0.25, 0.3) is 0 Å². The summed E-state index contributed by atoms with van der Waals surface area (Å²) in [5, 5.41) is 10.3. The van der Waals surface area contributed by atoms with Crippen LogP contribution in [0.5, 0.6) is 0 Å². The summed E-state index contributed by atoms with van der Waals surface area (Å²) >= 11 is 0. The lowest BCUT2D eigenvalue weighted by Gasteiger charge is -2.17. The molecule has 0 spiro atoms. The molecule has 3 rings (SSSR count). The molecule has 3 nitrogen and oxygen atoms in total. The van der Waals surface area contributed by atoms with E-state index < -0.39 is 0 Å². The molecule has 20 heavy (non-hydrogen) atoms. The van der Waals surface area contributed by atoms with E-state index >= 15 is 0 Å². The molecule has 0 radical (unpaired) electrons. The summed E-state index contributed by atoms with van der Waals surface area (Å²) in [6, 6.07) is 15.2. The van der Waals surface area contributed by atoms with Crippen LogP contribution in [0.15, 0.2) is 48.7 Å². The predicted molar refractivity (Wildman–Crippen MR) is 82.8 cm³/mol. The molecular formula is C17H19N3. The number of hydrogen-bond acceptors (Lipinski definition) is 2. The van der Waals surface area contributed by atoms with Crippen molar-refractivity contribution in [3.63, 3.8) is 0 Å². The number of rotatable bonds is 3. The quantitative estimate of drug-likeness (QED) is 0.788. The molecule has 0 aliphatic carbocycles. The van der Waals surface area contributed by atoms with Gasteiger partial charge in [-0.05, 0) is 36.4 Å². The van der Waals surface area contributed by atoms with Gasteiger partial charge >= 0.3 is 0 Å². The average Bonchev–Trinajstić information content (AvgIpc) is 2.80. The first-order valence-corrected chi connectivity index (χ1v) is 6.85. The molecule has 0 saturated carbocycles. The lowest BCUT2D eigenvalue weighted by molar-refractivity contribution is 0.680. The molecule has 102 valence electrons. The monoisotopic (exact) mass is 265 g/mol. The Morgan fingerprint density at radius 1 is 1.10 bits per heavy atom. The maximum Gasteiger partial charge on any atom is 0.0608 e. The summed E-state index contributed by atoms with van der Waals surface area (Å²) in [5.41, 5.74) is 3.69. The lowest BCUT2D eigenvalue weighted by atomic mass is 9.97. The third-order valence-electron chi connectivity index (χ3n) is 3.98. The molecular weight excluding hydrogens is 246 g/mol. The van der Waals surface area contributed by atoms with E-state index in [1.165, 1.54) is 27.6 Å². The van der Waals surface area contributed by atoms with Gasteiger partial charge in [-0.1, -0.05) is 36.4 Å². The number of hydrogen-bond donors (Lipinski definition) is 1. The smallest absolute Gasteiger partial charge is 0.0608 e. The molecule has 1 atom stereocenters. The van der Waals surface area contributed by atoms with E-state index in [9.17, 15) is 0 Å². The first-order chi connectivity index (χ1) is 9.70. The number of nitrogens with one attached hydrogen (secondary N) is 1. The van der Waals surface area contributed by atoms with Crippen molar-refractivity contribution in [3.05, 3.63) is 65.5 Å². The first kappa shape index (κ1) is 12.9. The van der Waals surface area contributed by atoms with Crippen LogP contribution >= 0.6 is 0 Å². The van der Waals surface area contributed by atoms with Crippen LogP contribution in [-0.4, -0.2) is 16.8 Å². The minimum atomic E-state index is 0.174. The van der Waals surface area contributed by atoms with E-state index in [4.69, 9.17) is 0 Å². The molecule has 2 aromatic carbocycles. The number of aromatic nitrogens is 2.